The summed E-state index contributed by atoms with van der Waals surface area (Å²) < 4.78 is 18.1. The summed E-state index contributed by atoms with van der Waals surface area (Å²) in [6.45, 7) is 4.10. The van der Waals surface area contributed by atoms with Crippen molar-refractivity contribution >= 4 is 17.8 Å². The largest absolute Gasteiger partial charge is 0.465 e. The molecule has 17 heavy (non-hydrogen) atoms. The molecule has 0 aliphatic rings. The van der Waals surface area contributed by atoms with E-state index in [1.807, 2.05) is 0 Å². The maximum atomic E-state index is 13.4. The second kappa shape index (κ2) is 6.17. The monoisotopic (exact) mass is 248 g/mol. The summed E-state index contributed by atoms with van der Waals surface area (Å²) in [7, 11) is 1.34. The first-order valence-corrected chi connectivity index (χ1v) is 4.98. The summed E-state index contributed by atoms with van der Waals surface area (Å²) in [5.74, 6) is -3.73. The normalized spacial score (nSPS) is 14.1. The van der Waals surface area contributed by atoms with Crippen LogP contribution in [0.4, 0.5) is 4.39 Å². The Bertz CT molecular complexity index is 328. The van der Waals surface area contributed by atoms with E-state index >= 15 is 0 Å². The number of amides is 1. The Hall–Kier alpha value is -1.66. The average Bonchev–Trinajstić information content (AvgIpc) is 2.25. The van der Waals surface area contributed by atoms with E-state index in [4.69, 9.17) is 9.94 Å². The minimum Gasteiger partial charge on any atom is -0.465 e. The molecular weight excluding hydrogens is 231 g/mol. The zero-order chi connectivity index (χ0) is 13.6. The maximum Gasteiger partial charge on any atom is 0.302 e. The molecular formula is C10H17FN2O4. The topological polar surface area (TPSA) is 88.0 Å². The lowest BCUT2D eigenvalue weighted by molar-refractivity contribution is -0.146. The fourth-order valence-electron chi connectivity index (χ4n) is 1.36. The predicted octanol–water partition coefficient (Wildman–Crippen LogP) is 0.695. The molecule has 0 aromatic carbocycles. The second-order valence-electron chi connectivity index (χ2n) is 4.24. The number of ether oxygens (including phenoxy) is 1. The Kier molecular flexibility index (Phi) is 5.57. The lowest BCUT2D eigenvalue weighted by Crippen LogP contribution is -2.44. The van der Waals surface area contributed by atoms with Crippen LogP contribution in [-0.4, -0.2) is 36.7 Å². The molecule has 7 heteroatoms. The van der Waals surface area contributed by atoms with Crippen LogP contribution in [0.1, 0.15) is 20.8 Å². The second-order valence-corrected chi connectivity index (χ2v) is 4.24. The molecule has 0 bridgehead atoms. The molecule has 1 atom stereocenters. The van der Waals surface area contributed by atoms with Gasteiger partial charge in [0.2, 0.25) is 11.9 Å². The van der Waals surface area contributed by atoms with Crippen molar-refractivity contribution < 1.29 is 23.9 Å². The quantitative estimate of drug-likeness (QED) is 0.324. The molecule has 0 saturated carbocycles. The molecule has 0 heterocycles. The fraction of sp³-hybridized carbons (Fsp3) is 0.700. The van der Waals surface area contributed by atoms with Crippen molar-refractivity contribution in [2.45, 2.75) is 20.8 Å². The van der Waals surface area contributed by atoms with Gasteiger partial charge in [0.15, 0.2) is 0 Å². The number of nitrogens with zero attached hydrogens (tertiary/aromatic N) is 1. The van der Waals surface area contributed by atoms with E-state index in [1.54, 1.807) is 0 Å². The molecule has 0 aromatic rings. The molecule has 0 rings (SSSR count). The van der Waals surface area contributed by atoms with Crippen molar-refractivity contribution in [2.24, 2.45) is 16.5 Å². The highest BCUT2D eigenvalue weighted by Gasteiger charge is 2.40. The third kappa shape index (κ3) is 4.38. The van der Waals surface area contributed by atoms with E-state index in [1.165, 1.54) is 27.8 Å². The molecule has 2 N–H and O–H groups in total. The van der Waals surface area contributed by atoms with E-state index in [0.29, 0.717) is 0 Å². The lowest BCUT2D eigenvalue weighted by Gasteiger charge is -2.30. The van der Waals surface area contributed by atoms with Crippen LogP contribution in [-0.2, 0) is 14.3 Å². The zero-order valence-corrected chi connectivity index (χ0v) is 10.3. The van der Waals surface area contributed by atoms with Crippen LogP contribution in [0.3, 0.4) is 0 Å². The van der Waals surface area contributed by atoms with Gasteiger partial charge in [-0.25, -0.2) is 0 Å². The van der Waals surface area contributed by atoms with Crippen molar-refractivity contribution in [1.29, 1.82) is 0 Å². The van der Waals surface area contributed by atoms with E-state index < -0.39 is 29.2 Å². The minimum atomic E-state index is -1.32. The van der Waals surface area contributed by atoms with Crippen LogP contribution in [0.5, 0.6) is 0 Å². The van der Waals surface area contributed by atoms with E-state index in [2.05, 4.69) is 10.5 Å². The molecule has 1 amide bonds. The molecule has 0 aromatic heterocycles. The first-order chi connectivity index (χ1) is 7.76. The molecule has 0 spiro atoms. The first-order valence-electron chi connectivity index (χ1n) is 4.98. The number of carbonyl (C=O) groups excluding carboxylic acids is 2. The number of carbonyl (C=O) groups is 2. The van der Waals surface area contributed by atoms with Crippen molar-refractivity contribution in [2.75, 3.05) is 13.7 Å². The predicted molar refractivity (Wildman–Crippen MR) is 58.3 cm³/mol. The standard InChI is InChI=1S/C10H17FN2O4/c1-6(14)17-5-10(2,3)7(8(11)13-16)9(15)12-4/h7,16H,5H2,1-4H3,(H,12,15). The van der Waals surface area contributed by atoms with Crippen molar-refractivity contribution in [3.8, 4) is 0 Å². The van der Waals surface area contributed by atoms with E-state index in [9.17, 15) is 14.0 Å². The van der Waals surface area contributed by atoms with Gasteiger partial charge in [0.05, 0.1) is 6.61 Å². The highest BCUT2D eigenvalue weighted by atomic mass is 19.1. The van der Waals surface area contributed by atoms with Crippen LogP contribution in [0.2, 0.25) is 0 Å². The van der Waals surface area contributed by atoms with Gasteiger partial charge in [0, 0.05) is 19.4 Å². The Morgan fingerprint density at radius 3 is 2.41 bits per heavy atom. The number of rotatable bonds is 5. The van der Waals surface area contributed by atoms with Crippen LogP contribution in [0.25, 0.3) is 0 Å². The van der Waals surface area contributed by atoms with Gasteiger partial charge in [-0.15, -0.1) is 0 Å². The van der Waals surface area contributed by atoms with Gasteiger partial charge in [0.1, 0.15) is 5.92 Å². The van der Waals surface area contributed by atoms with Crippen molar-refractivity contribution in [3.05, 3.63) is 0 Å². The summed E-state index contributed by atoms with van der Waals surface area (Å²) in [5, 5.41) is 13.1. The number of oxime groups is 1. The van der Waals surface area contributed by atoms with E-state index in [0.717, 1.165) is 0 Å². The number of hydrogen-bond acceptors (Lipinski definition) is 5. The Labute approximate surface area is 98.8 Å². The van der Waals surface area contributed by atoms with Gasteiger partial charge in [-0.3, -0.25) is 9.59 Å². The van der Waals surface area contributed by atoms with Gasteiger partial charge in [-0.1, -0.05) is 19.0 Å². The number of halogens is 1. The SMILES string of the molecule is CNC(=O)C(C(F)=NO)C(C)(C)COC(C)=O. The van der Waals surface area contributed by atoms with Gasteiger partial charge in [0.25, 0.3) is 0 Å². The van der Waals surface area contributed by atoms with E-state index in [-0.39, 0.29) is 6.61 Å². The minimum absolute atomic E-state index is 0.163. The Morgan fingerprint density at radius 2 is 2.06 bits per heavy atom. The van der Waals surface area contributed by atoms with Gasteiger partial charge in [-0.05, 0) is 0 Å². The van der Waals surface area contributed by atoms with Crippen LogP contribution >= 0.6 is 0 Å². The molecule has 0 aliphatic heterocycles. The fourth-order valence-corrected chi connectivity index (χ4v) is 1.36. The molecule has 0 fully saturated rings. The van der Waals surface area contributed by atoms with Crippen LogP contribution < -0.4 is 5.32 Å². The average molecular weight is 248 g/mol. The third-order valence-corrected chi connectivity index (χ3v) is 2.27. The molecule has 0 saturated heterocycles. The molecule has 0 aliphatic carbocycles. The zero-order valence-electron chi connectivity index (χ0n) is 10.3. The summed E-state index contributed by atoms with van der Waals surface area (Å²) in [5.41, 5.74) is -1.03. The summed E-state index contributed by atoms with van der Waals surface area (Å²) >= 11 is 0. The van der Waals surface area contributed by atoms with Crippen LogP contribution in [0.15, 0.2) is 5.16 Å². The molecule has 98 valence electrons. The number of hydrogen-bond donors (Lipinski definition) is 2. The summed E-state index contributed by atoms with van der Waals surface area (Å²) in [6.07, 6.45) is 0. The maximum absolute atomic E-state index is 13.4. The smallest absolute Gasteiger partial charge is 0.302 e. The molecule has 1 unspecified atom stereocenters. The van der Waals surface area contributed by atoms with Gasteiger partial charge < -0.3 is 15.3 Å². The van der Waals surface area contributed by atoms with Crippen molar-refractivity contribution in [1.82, 2.24) is 5.32 Å². The number of nitrogens with one attached hydrogen (secondary N) is 1. The van der Waals surface area contributed by atoms with Crippen LogP contribution in [0, 0.1) is 11.3 Å². The lowest BCUT2D eigenvalue weighted by atomic mass is 9.79. The molecule has 6 nitrogen and oxygen atoms in total. The Morgan fingerprint density at radius 1 is 1.53 bits per heavy atom. The summed E-state index contributed by atoms with van der Waals surface area (Å²) in [4.78, 5) is 22.2. The third-order valence-electron chi connectivity index (χ3n) is 2.27. The van der Waals surface area contributed by atoms with Gasteiger partial charge in [-0.2, -0.15) is 4.39 Å². The molecule has 0 radical (unpaired) electrons. The highest BCUT2D eigenvalue weighted by Crippen LogP contribution is 2.29. The summed E-state index contributed by atoms with van der Waals surface area (Å²) in [6, 6.07) is 0. The Balaban J connectivity index is 5.02. The highest BCUT2D eigenvalue weighted by molar-refractivity contribution is 6.00. The first kappa shape index (κ1) is 15.3. The van der Waals surface area contributed by atoms with Crippen molar-refractivity contribution in [3.63, 3.8) is 0 Å². The van der Waals surface area contributed by atoms with Gasteiger partial charge >= 0.3 is 5.97 Å². The number of esters is 1.